The Hall–Kier alpha value is -1.38. The molecule has 0 aliphatic heterocycles. The van der Waals surface area contributed by atoms with Crippen LogP contribution in [0.3, 0.4) is 0 Å². The summed E-state index contributed by atoms with van der Waals surface area (Å²) in [5.74, 6) is -1.26. The lowest BCUT2D eigenvalue weighted by atomic mass is 10.2. The van der Waals surface area contributed by atoms with E-state index in [0.717, 1.165) is 21.4 Å². The zero-order valence-corrected chi connectivity index (χ0v) is 13.5. The summed E-state index contributed by atoms with van der Waals surface area (Å²) in [5, 5.41) is 10.4. The number of carboxylic acids is 1. The summed E-state index contributed by atoms with van der Waals surface area (Å²) in [7, 11) is -3.91. The summed E-state index contributed by atoms with van der Waals surface area (Å²) in [6, 6.07) is 6.26. The molecule has 2 aromatic rings. The number of aryl methyl sites for hydroxylation is 1. The molecule has 5 nitrogen and oxygen atoms in total. The van der Waals surface area contributed by atoms with Crippen molar-refractivity contribution in [2.45, 2.75) is 11.8 Å². The quantitative estimate of drug-likeness (QED) is 0.858. The fraction of sp³-hybridized carbons (Fsp3) is 0.0833. The van der Waals surface area contributed by atoms with Crippen molar-refractivity contribution in [1.82, 2.24) is 0 Å². The average molecular weight is 376 g/mol. The van der Waals surface area contributed by atoms with E-state index in [1.165, 1.54) is 11.4 Å². The maximum atomic E-state index is 12.2. The molecule has 106 valence electrons. The first-order chi connectivity index (χ1) is 9.31. The molecule has 0 radical (unpaired) electrons. The molecule has 0 bridgehead atoms. The summed E-state index contributed by atoms with van der Waals surface area (Å²) < 4.78 is 27.7. The highest BCUT2D eigenvalue weighted by Crippen LogP contribution is 2.26. The minimum atomic E-state index is -3.91. The number of carboxylic acid groups (broad SMARTS) is 1. The van der Waals surface area contributed by atoms with Gasteiger partial charge in [0.15, 0.2) is 0 Å². The molecule has 8 heteroatoms. The molecule has 0 amide bonds. The number of aromatic carboxylic acids is 1. The molecular weight excluding hydrogens is 366 g/mol. The van der Waals surface area contributed by atoms with Crippen molar-refractivity contribution >= 4 is 48.9 Å². The third kappa shape index (κ3) is 3.02. The first-order valence-electron chi connectivity index (χ1n) is 5.41. The second-order valence-corrected chi connectivity index (χ2v) is 7.41. The molecule has 2 N–H and O–H groups in total. The standard InChI is InChI=1S/C12H10BrNO4S2/c1-7-6-8(2-3-9(7)13)14-20(17,18)10-4-5-19-11(10)12(15)16/h2-6,14H,1H3,(H,15,16). The smallest absolute Gasteiger partial charge is 0.347 e. The summed E-state index contributed by atoms with van der Waals surface area (Å²) in [4.78, 5) is 10.6. The number of halogens is 1. The highest BCUT2D eigenvalue weighted by Gasteiger charge is 2.23. The van der Waals surface area contributed by atoms with E-state index in [1.54, 1.807) is 18.2 Å². The fourth-order valence-corrected chi connectivity index (χ4v) is 4.14. The zero-order valence-electron chi connectivity index (χ0n) is 10.3. The molecule has 0 saturated heterocycles. The molecule has 1 aromatic carbocycles. The third-order valence-corrected chi connectivity index (χ3v) is 5.87. The SMILES string of the molecule is Cc1cc(NS(=O)(=O)c2ccsc2C(=O)O)ccc1Br. The maximum absolute atomic E-state index is 12.2. The van der Waals surface area contributed by atoms with E-state index in [2.05, 4.69) is 20.7 Å². The summed E-state index contributed by atoms with van der Waals surface area (Å²) in [5.41, 5.74) is 1.25. The van der Waals surface area contributed by atoms with E-state index in [0.29, 0.717) is 5.69 Å². The first kappa shape index (κ1) is 15.0. The molecule has 0 atom stereocenters. The van der Waals surface area contributed by atoms with Crippen LogP contribution < -0.4 is 4.72 Å². The van der Waals surface area contributed by atoms with Crippen LogP contribution in [0.1, 0.15) is 15.2 Å². The van der Waals surface area contributed by atoms with Crippen molar-refractivity contribution in [3.05, 3.63) is 44.6 Å². The molecule has 1 aromatic heterocycles. The molecule has 0 aliphatic rings. The van der Waals surface area contributed by atoms with Gasteiger partial charge in [0.2, 0.25) is 0 Å². The third-order valence-electron chi connectivity index (χ3n) is 2.52. The van der Waals surface area contributed by atoms with Crippen LogP contribution in [0.25, 0.3) is 0 Å². The van der Waals surface area contributed by atoms with E-state index >= 15 is 0 Å². The van der Waals surface area contributed by atoms with E-state index in [-0.39, 0.29) is 9.77 Å². The molecule has 0 fully saturated rings. The van der Waals surface area contributed by atoms with Gasteiger partial charge in [-0.25, -0.2) is 13.2 Å². The van der Waals surface area contributed by atoms with E-state index < -0.39 is 16.0 Å². The Morgan fingerprint density at radius 2 is 2.05 bits per heavy atom. The first-order valence-corrected chi connectivity index (χ1v) is 8.56. The van der Waals surface area contributed by atoms with Gasteiger partial charge in [-0.2, -0.15) is 0 Å². The number of benzene rings is 1. The minimum Gasteiger partial charge on any atom is -0.477 e. The molecule has 0 spiro atoms. The molecule has 0 aliphatic carbocycles. The minimum absolute atomic E-state index is 0.202. The number of anilines is 1. The monoisotopic (exact) mass is 375 g/mol. The van der Waals surface area contributed by atoms with Crippen LogP contribution in [-0.4, -0.2) is 19.5 Å². The van der Waals surface area contributed by atoms with Crippen LogP contribution in [0, 0.1) is 6.92 Å². The lowest BCUT2D eigenvalue weighted by Gasteiger charge is -2.09. The van der Waals surface area contributed by atoms with E-state index in [1.807, 2.05) is 6.92 Å². The Kier molecular flexibility index (Phi) is 4.17. The van der Waals surface area contributed by atoms with Gasteiger partial charge >= 0.3 is 5.97 Å². The van der Waals surface area contributed by atoms with Gasteiger partial charge in [0.25, 0.3) is 10.0 Å². The maximum Gasteiger partial charge on any atom is 0.347 e. The Morgan fingerprint density at radius 3 is 2.65 bits per heavy atom. The Labute approximate surface area is 128 Å². The molecular formula is C12H10BrNO4S2. The van der Waals surface area contributed by atoms with Crippen molar-refractivity contribution in [2.24, 2.45) is 0 Å². The summed E-state index contributed by atoms with van der Waals surface area (Å²) in [6.45, 7) is 1.83. The molecule has 2 rings (SSSR count). The van der Waals surface area contributed by atoms with E-state index in [9.17, 15) is 13.2 Å². The number of hydrogen-bond acceptors (Lipinski definition) is 4. The molecule has 0 unspecified atom stereocenters. The number of thiophene rings is 1. The van der Waals surface area contributed by atoms with Crippen molar-refractivity contribution < 1.29 is 18.3 Å². The van der Waals surface area contributed by atoms with Gasteiger partial charge in [-0.05, 0) is 42.1 Å². The van der Waals surface area contributed by atoms with Crippen LogP contribution in [0.4, 0.5) is 5.69 Å². The largest absolute Gasteiger partial charge is 0.477 e. The Bertz CT molecular complexity index is 768. The number of hydrogen-bond donors (Lipinski definition) is 2. The number of nitrogens with one attached hydrogen (secondary N) is 1. The Balaban J connectivity index is 2.38. The van der Waals surface area contributed by atoms with Crippen molar-refractivity contribution in [3.63, 3.8) is 0 Å². The molecule has 0 saturated carbocycles. The van der Waals surface area contributed by atoms with Gasteiger partial charge in [-0.1, -0.05) is 15.9 Å². The van der Waals surface area contributed by atoms with E-state index in [4.69, 9.17) is 5.11 Å². The second kappa shape index (κ2) is 5.55. The van der Waals surface area contributed by atoms with Gasteiger partial charge in [-0.15, -0.1) is 11.3 Å². The highest BCUT2D eigenvalue weighted by molar-refractivity contribution is 9.10. The predicted octanol–water partition coefficient (Wildman–Crippen LogP) is 3.32. The van der Waals surface area contributed by atoms with Crippen LogP contribution in [0.5, 0.6) is 0 Å². The number of rotatable bonds is 4. The predicted molar refractivity (Wildman–Crippen MR) is 81.0 cm³/mol. The van der Waals surface area contributed by atoms with Gasteiger partial charge in [0.05, 0.1) is 0 Å². The fourth-order valence-electron chi connectivity index (χ4n) is 1.58. The lowest BCUT2D eigenvalue weighted by Crippen LogP contribution is -2.15. The van der Waals surface area contributed by atoms with Crippen LogP contribution in [-0.2, 0) is 10.0 Å². The van der Waals surface area contributed by atoms with Gasteiger partial charge in [0, 0.05) is 10.2 Å². The van der Waals surface area contributed by atoms with Gasteiger partial charge < -0.3 is 5.11 Å². The number of sulfonamides is 1. The average Bonchev–Trinajstić information content (AvgIpc) is 2.83. The molecule has 1 heterocycles. The normalized spacial score (nSPS) is 11.3. The van der Waals surface area contributed by atoms with Crippen molar-refractivity contribution in [3.8, 4) is 0 Å². The van der Waals surface area contributed by atoms with Crippen molar-refractivity contribution in [2.75, 3.05) is 4.72 Å². The van der Waals surface area contributed by atoms with Crippen LogP contribution in [0.2, 0.25) is 0 Å². The Morgan fingerprint density at radius 1 is 1.35 bits per heavy atom. The van der Waals surface area contributed by atoms with Crippen LogP contribution in [0.15, 0.2) is 39.0 Å². The topological polar surface area (TPSA) is 83.5 Å². The summed E-state index contributed by atoms with van der Waals surface area (Å²) in [6.07, 6.45) is 0. The molecule has 20 heavy (non-hydrogen) atoms. The second-order valence-electron chi connectivity index (χ2n) is 3.99. The highest BCUT2D eigenvalue weighted by atomic mass is 79.9. The van der Waals surface area contributed by atoms with Crippen LogP contribution >= 0.6 is 27.3 Å². The number of carbonyl (C=O) groups is 1. The zero-order chi connectivity index (χ0) is 14.9. The van der Waals surface area contributed by atoms with Crippen molar-refractivity contribution in [1.29, 1.82) is 0 Å². The lowest BCUT2D eigenvalue weighted by molar-refractivity contribution is 0.0698. The van der Waals surface area contributed by atoms with Gasteiger partial charge in [-0.3, -0.25) is 4.72 Å². The summed E-state index contributed by atoms with van der Waals surface area (Å²) >= 11 is 4.20. The van der Waals surface area contributed by atoms with Gasteiger partial charge in [0.1, 0.15) is 9.77 Å².